The molecule has 1 aliphatic rings. The van der Waals surface area contributed by atoms with Gasteiger partial charge in [0.15, 0.2) is 5.78 Å². The molecule has 4 nitrogen and oxygen atoms in total. The lowest BCUT2D eigenvalue weighted by Crippen LogP contribution is -2.37. The zero-order valence-electron chi connectivity index (χ0n) is 10.9. The van der Waals surface area contributed by atoms with Crippen LogP contribution >= 0.6 is 0 Å². The Labute approximate surface area is 102 Å². The molecule has 2 heterocycles. The van der Waals surface area contributed by atoms with Crippen LogP contribution < -0.4 is 0 Å². The Kier molecular flexibility index (Phi) is 3.62. The van der Waals surface area contributed by atoms with E-state index in [0.717, 1.165) is 31.6 Å². The predicted molar refractivity (Wildman–Crippen MR) is 67.3 cm³/mol. The van der Waals surface area contributed by atoms with E-state index >= 15 is 0 Å². The van der Waals surface area contributed by atoms with Crippen LogP contribution in [0.25, 0.3) is 0 Å². The minimum absolute atomic E-state index is 0.0344. The number of aromatic amines is 1. The number of rotatable bonds is 3. The minimum atomic E-state index is 0.0344. The van der Waals surface area contributed by atoms with Crippen LogP contribution in [0.2, 0.25) is 0 Å². The lowest BCUT2D eigenvalue weighted by atomic mass is 9.93. The molecule has 94 valence electrons. The molecular formula is C13H21N3O. The summed E-state index contributed by atoms with van der Waals surface area (Å²) in [7, 11) is 0. The number of H-pyrrole nitrogens is 1. The number of aromatic nitrogens is 2. The lowest BCUT2D eigenvalue weighted by Gasteiger charge is -2.34. The number of piperidine rings is 1. The van der Waals surface area contributed by atoms with E-state index in [4.69, 9.17) is 0 Å². The lowest BCUT2D eigenvalue weighted by molar-refractivity contribution is 0.101. The Morgan fingerprint density at radius 3 is 2.59 bits per heavy atom. The fourth-order valence-corrected chi connectivity index (χ4v) is 2.45. The maximum Gasteiger partial charge on any atom is 0.179 e. The Morgan fingerprint density at radius 1 is 1.47 bits per heavy atom. The van der Waals surface area contributed by atoms with Crippen LogP contribution in [-0.2, 0) is 0 Å². The smallest absolute Gasteiger partial charge is 0.179 e. The van der Waals surface area contributed by atoms with Gasteiger partial charge in [-0.2, -0.15) is 5.10 Å². The number of carbonyl (C=O) groups excluding carboxylic acids is 1. The molecule has 1 aliphatic heterocycles. The normalized spacial score (nSPS) is 18.8. The second-order valence-corrected chi connectivity index (χ2v) is 5.17. The van der Waals surface area contributed by atoms with E-state index in [1.807, 2.05) is 6.07 Å². The van der Waals surface area contributed by atoms with Gasteiger partial charge in [-0.25, -0.2) is 0 Å². The van der Waals surface area contributed by atoms with Crippen LogP contribution in [-0.4, -0.2) is 40.0 Å². The van der Waals surface area contributed by atoms with Crippen molar-refractivity contribution < 1.29 is 4.79 Å². The second kappa shape index (κ2) is 5.00. The molecule has 0 radical (unpaired) electrons. The van der Waals surface area contributed by atoms with Crippen molar-refractivity contribution in [1.82, 2.24) is 15.1 Å². The van der Waals surface area contributed by atoms with Gasteiger partial charge >= 0.3 is 0 Å². The zero-order chi connectivity index (χ0) is 12.4. The van der Waals surface area contributed by atoms with E-state index in [1.54, 1.807) is 6.92 Å². The fourth-order valence-electron chi connectivity index (χ4n) is 2.45. The number of nitrogens with zero attached hydrogens (tertiary/aromatic N) is 2. The van der Waals surface area contributed by atoms with Crippen LogP contribution in [0, 0.1) is 0 Å². The number of Topliss-reactive ketones (excluding diaryl/α,β-unsaturated/α-hetero) is 1. The molecule has 0 unspecified atom stereocenters. The van der Waals surface area contributed by atoms with Crippen molar-refractivity contribution in [3.8, 4) is 0 Å². The van der Waals surface area contributed by atoms with E-state index < -0.39 is 0 Å². The molecular weight excluding hydrogens is 214 g/mol. The summed E-state index contributed by atoms with van der Waals surface area (Å²) in [4.78, 5) is 13.7. The third-order valence-corrected chi connectivity index (χ3v) is 3.66. The highest BCUT2D eigenvalue weighted by molar-refractivity contribution is 5.92. The summed E-state index contributed by atoms with van der Waals surface area (Å²) in [6, 6.07) is 2.54. The number of ketones is 1. The van der Waals surface area contributed by atoms with Gasteiger partial charge in [-0.3, -0.25) is 9.89 Å². The topological polar surface area (TPSA) is 49.0 Å². The molecule has 2 rings (SSSR count). The monoisotopic (exact) mass is 235 g/mol. The quantitative estimate of drug-likeness (QED) is 0.817. The number of likely N-dealkylation sites (tertiary alicyclic amines) is 1. The summed E-state index contributed by atoms with van der Waals surface area (Å²) in [6.07, 6.45) is 2.30. The van der Waals surface area contributed by atoms with Crippen molar-refractivity contribution in [3.05, 3.63) is 17.5 Å². The van der Waals surface area contributed by atoms with Crippen LogP contribution in [0.5, 0.6) is 0 Å². The molecule has 0 bridgehead atoms. The molecule has 1 saturated heterocycles. The summed E-state index contributed by atoms with van der Waals surface area (Å²) in [6.45, 7) is 8.31. The average Bonchev–Trinajstić information content (AvgIpc) is 2.78. The highest BCUT2D eigenvalue weighted by atomic mass is 16.1. The third-order valence-electron chi connectivity index (χ3n) is 3.66. The van der Waals surface area contributed by atoms with Gasteiger partial charge < -0.3 is 4.90 Å². The van der Waals surface area contributed by atoms with E-state index in [-0.39, 0.29) is 5.78 Å². The van der Waals surface area contributed by atoms with E-state index in [0.29, 0.717) is 17.7 Å². The van der Waals surface area contributed by atoms with Gasteiger partial charge in [0.05, 0.1) is 0 Å². The maximum absolute atomic E-state index is 11.2. The van der Waals surface area contributed by atoms with Gasteiger partial charge in [-0.15, -0.1) is 0 Å². The molecule has 0 aliphatic carbocycles. The largest absolute Gasteiger partial charge is 0.301 e. The minimum Gasteiger partial charge on any atom is -0.301 e. The first-order valence-corrected chi connectivity index (χ1v) is 6.38. The molecule has 0 amide bonds. The molecule has 17 heavy (non-hydrogen) atoms. The number of hydrogen-bond donors (Lipinski definition) is 1. The maximum atomic E-state index is 11.2. The molecule has 1 fully saturated rings. The fraction of sp³-hybridized carbons (Fsp3) is 0.692. The van der Waals surface area contributed by atoms with Crippen LogP contribution in [0.4, 0.5) is 0 Å². The summed E-state index contributed by atoms with van der Waals surface area (Å²) < 4.78 is 0. The molecule has 0 saturated carbocycles. The predicted octanol–water partition coefficient (Wildman–Crippen LogP) is 2.20. The number of nitrogens with one attached hydrogen (secondary N) is 1. The van der Waals surface area contributed by atoms with E-state index in [9.17, 15) is 4.79 Å². The summed E-state index contributed by atoms with van der Waals surface area (Å²) in [5.74, 6) is 0.567. The highest BCUT2D eigenvalue weighted by Gasteiger charge is 2.23. The number of hydrogen-bond acceptors (Lipinski definition) is 3. The highest BCUT2D eigenvalue weighted by Crippen LogP contribution is 2.27. The van der Waals surface area contributed by atoms with Gasteiger partial charge in [-0.1, -0.05) is 0 Å². The van der Waals surface area contributed by atoms with Gasteiger partial charge in [0.2, 0.25) is 0 Å². The third kappa shape index (κ3) is 2.75. The van der Waals surface area contributed by atoms with Gasteiger partial charge in [-0.05, 0) is 45.8 Å². The van der Waals surface area contributed by atoms with E-state index in [1.165, 1.54) is 0 Å². The zero-order valence-corrected chi connectivity index (χ0v) is 10.9. The van der Waals surface area contributed by atoms with Crippen molar-refractivity contribution in [3.63, 3.8) is 0 Å². The van der Waals surface area contributed by atoms with Crippen LogP contribution in [0.15, 0.2) is 6.07 Å². The summed E-state index contributed by atoms with van der Waals surface area (Å²) in [5.41, 5.74) is 1.69. The molecule has 1 aromatic rings. The molecule has 1 aromatic heterocycles. The Bertz CT molecular complexity index is 389. The molecule has 4 heteroatoms. The van der Waals surface area contributed by atoms with Crippen molar-refractivity contribution in [2.24, 2.45) is 0 Å². The van der Waals surface area contributed by atoms with Crippen molar-refractivity contribution in [2.45, 2.75) is 45.6 Å². The van der Waals surface area contributed by atoms with Crippen LogP contribution in [0.1, 0.15) is 55.7 Å². The van der Waals surface area contributed by atoms with Gasteiger partial charge in [0, 0.05) is 24.6 Å². The first-order valence-electron chi connectivity index (χ1n) is 6.38. The van der Waals surface area contributed by atoms with Crippen molar-refractivity contribution in [2.75, 3.05) is 13.1 Å². The van der Waals surface area contributed by atoms with E-state index in [2.05, 4.69) is 28.9 Å². The molecule has 1 N–H and O–H groups in total. The number of carbonyl (C=O) groups is 1. The van der Waals surface area contributed by atoms with Gasteiger partial charge in [0.25, 0.3) is 0 Å². The average molecular weight is 235 g/mol. The second-order valence-electron chi connectivity index (χ2n) is 5.17. The van der Waals surface area contributed by atoms with Crippen molar-refractivity contribution in [1.29, 1.82) is 0 Å². The van der Waals surface area contributed by atoms with Crippen molar-refractivity contribution >= 4 is 5.78 Å². The van der Waals surface area contributed by atoms with Crippen LogP contribution in [0.3, 0.4) is 0 Å². The summed E-state index contributed by atoms with van der Waals surface area (Å²) >= 11 is 0. The first kappa shape index (κ1) is 12.3. The standard InChI is InChI=1S/C13H21N3O/c1-9(2)16-6-4-11(5-7-16)13-8-12(10(3)17)14-15-13/h8-9,11H,4-7H2,1-3H3,(H,14,15). The first-order chi connectivity index (χ1) is 8.08. The Morgan fingerprint density at radius 2 is 2.12 bits per heavy atom. The summed E-state index contributed by atoms with van der Waals surface area (Å²) in [5, 5.41) is 7.07. The SMILES string of the molecule is CC(=O)c1cc(C2CCN(C(C)C)CC2)[nH]n1. The molecule has 0 spiro atoms. The Hall–Kier alpha value is -1.16. The molecule has 0 atom stereocenters. The molecule has 0 aromatic carbocycles. The Balaban J connectivity index is 1.98. The van der Waals surface area contributed by atoms with Gasteiger partial charge in [0.1, 0.15) is 5.69 Å².